The Labute approximate surface area is 132 Å². The second kappa shape index (κ2) is 4.97. The SMILES string of the molecule is Clc1cccc(Cl)c1-c1noc(C2CC23CCNCC3)n1. The summed E-state index contributed by atoms with van der Waals surface area (Å²) in [5.41, 5.74) is 1.02. The fourth-order valence-corrected chi connectivity index (χ4v) is 3.93. The first-order valence-corrected chi connectivity index (χ1v) is 7.94. The second-order valence-electron chi connectivity index (χ2n) is 5.92. The van der Waals surface area contributed by atoms with Crippen LogP contribution in [0.3, 0.4) is 0 Å². The quantitative estimate of drug-likeness (QED) is 0.910. The summed E-state index contributed by atoms with van der Waals surface area (Å²) in [6.45, 7) is 2.15. The van der Waals surface area contributed by atoms with Crippen molar-refractivity contribution < 1.29 is 4.52 Å². The zero-order valence-corrected chi connectivity index (χ0v) is 12.9. The summed E-state index contributed by atoms with van der Waals surface area (Å²) in [6.07, 6.45) is 3.51. The fraction of sp³-hybridized carbons (Fsp3) is 0.467. The predicted octanol–water partition coefficient (Wildman–Crippen LogP) is 3.90. The molecule has 1 N–H and O–H groups in total. The van der Waals surface area contributed by atoms with Crippen molar-refractivity contribution in [2.75, 3.05) is 13.1 Å². The number of aromatic nitrogens is 2. The number of nitrogens with one attached hydrogen (secondary N) is 1. The van der Waals surface area contributed by atoms with Gasteiger partial charge < -0.3 is 9.84 Å². The van der Waals surface area contributed by atoms with Gasteiger partial charge in [-0.15, -0.1) is 0 Å². The third kappa shape index (κ3) is 2.26. The lowest BCUT2D eigenvalue weighted by Crippen LogP contribution is -2.29. The van der Waals surface area contributed by atoms with Gasteiger partial charge in [0.05, 0.1) is 15.6 Å². The molecule has 0 amide bonds. The summed E-state index contributed by atoms with van der Waals surface area (Å²) in [5.74, 6) is 1.60. The molecule has 4 rings (SSSR count). The van der Waals surface area contributed by atoms with Crippen LogP contribution in [0, 0.1) is 5.41 Å². The van der Waals surface area contributed by atoms with E-state index >= 15 is 0 Å². The van der Waals surface area contributed by atoms with Crippen LogP contribution in [0.25, 0.3) is 11.4 Å². The Hall–Kier alpha value is -1.10. The van der Waals surface area contributed by atoms with Crippen molar-refractivity contribution in [3.63, 3.8) is 0 Å². The summed E-state index contributed by atoms with van der Waals surface area (Å²) in [4.78, 5) is 4.55. The number of hydrogen-bond donors (Lipinski definition) is 1. The van der Waals surface area contributed by atoms with E-state index in [0.717, 1.165) is 25.4 Å². The number of nitrogens with zero attached hydrogens (tertiary/aromatic N) is 2. The maximum Gasteiger partial charge on any atom is 0.230 e. The van der Waals surface area contributed by atoms with Crippen molar-refractivity contribution >= 4 is 23.2 Å². The molecule has 110 valence electrons. The van der Waals surface area contributed by atoms with Gasteiger partial charge in [-0.2, -0.15) is 4.98 Å². The fourth-order valence-electron chi connectivity index (χ4n) is 3.36. The summed E-state index contributed by atoms with van der Waals surface area (Å²) in [6, 6.07) is 5.37. The second-order valence-corrected chi connectivity index (χ2v) is 6.74. The molecule has 0 radical (unpaired) electrons. The molecule has 1 aromatic heterocycles. The van der Waals surface area contributed by atoms with Gasteiger partial charge in [0.2, 0.25) is 11.7 Å². The molecular weight excluding hydrogens is 309 g/mol. The molecule has 2 aliphatic rings. The zero-order valence-electron chi connectivity index (χ0n) is 11.4. The van der Waals surface area contributed by atoms with E-state index in [1.54, 1.807) is 18.2 Å². The number of halogens is 2. The molecule has 2 fully saturated rings. The van der Waals surface area contributed by atoms with Crippen LogP contribution in [-0.2, 0) is 0 Å². The Morgan fingerprint density at radius 1 is 1.19 bits per heavy atom. The van der Waals surface area contributed by atoms with Crippen molar-refractivity contribution in [1.82, 2.24) is 15.5 Å². The summed E-state index contributed by atoms with van der Waals surface area (Å²) in [5, 5.41) is 8.56. The van der Waals surface area contributed by atoms with E-state index in [4.69, 9.17) is 27.7 Å². The highest BCUT2D eigenvalue weighted by atomic mass is 35.5. The minimum atomic E-state index is 0.374. The molecule has 1 spiro atoms. The first-order valence-electron chi connectivity index (χ1n) is 7.18. The van der Waals surface area contributed by atoms with Gasteiger partial charge in [0.1, 0.15) is 0 Å². The van der Waals surface area contributed by atoms with E-state index in [1.165, 1.54) is 12.8 Å². The van der Waals surface area contributed by atoms with Gasteiger partial charge in [0, 0.05) is 5.92 Å². The number of rotatable bonds is 2. The molecule has 1 aromatic carbocycles. The molecule has 1 saturated carbocycles. The normalized spacial score (nSPS) is 23.4. The minimum Gasteiger partial charge on any atom is -0.339 e. The van der Waals surface area contributed by atoms with Gasteiger partial charge in [-0.1, -0.05) is 34.4 Å². The number of hydrogen-bond acceptors (Lipinski definition) is 4. The smallest absolute Gasteiger partial charge is 0.230 e. The summed E-state index contributed by atoms with van der Waals surface area (Å²) in [7, 11) is 0. The largest absolute Gasteiger partial charge is 0.339 e. The topological polar surface area (TPSA) is 51.0 Å². The maximum atomic E-state index is 6.20. The molecule has 1 saturated heterocycles. The average Bonchev–Trinajstić information content (AvgIpc) is 2.95. The molecule has 4 nitrogen and oxygen atoms in total. The average molecular weight is 324 g/mol. The first-order chi connectivity index (χ1) is 10.2. The van der Waals surface area contributed by atoms with Crippen LogP contribution in [0.4, 0.5) is 0 Å². The standard InChI is InChI=1S/C15H15Cl2N3O/c16-10-2-1-3-11(17)12(10)13-19-14(21-20-13)9-8-15(9)4-6-18-7-5-15/h1-3,9,18H,4-8H2. The van der Waals surface area contributed by atoms with Crippen molar-refractivity contribution in [2.45, 2.75) is 25.2 Å². The van der Waals surface area contributed by atoms with Gasteiger partial charge in [-0.3, -0.25) is 0 Å². The lowest BCUT2D eigenvalue weighted by Gasteiger charge is -2.22. The number of piperidine rings is 1. The lowest BCUT2D eigenvalue weighted by atomic mass is 9.92. The zero-order chi connectivity index (χ0) is 14.4. The Balaban J connectivity index is 1.62. The summed E-state index contributed by atoms with van der Waals surface area (Å²) < 4.78 is 5.48. The van der Waals surface area contributed by atoms with Crippen LogP contribution in [0.2, 0.25) is 10.0 Å². The highest BCUT2D eigenvalue weighted by Gasteiger charge is 2.57. The van der Waals surface area contributed by atoms with Gasteiger partial charge in [-0.05, 0) is 49.9 Å². The molecule has 21 heavy (non-hydrogen) atoms. The van der Waals surface area contributed by atoms with Crippen molar-refractivity contribution in [2.24, 2.45) is 5.41 Å². The van der Waals surface area contributed by atoms with Gasteiger partial charge in [-0.25, -0.2) is 0 Å². The third-order valence-corrected chi connectivity index (χ3v) is 5.35. The minimum absolute atomic E-state index is 0.374. The van der Waals surface area contributed by atoms with Crippen LogP contribution in [0.15, 0.2) is 22.7 Å². The Morgan fingerprint density at radius 3 is 2.62 bits per heavy atom. The van der Waals surface area contributed by atoms with Gasteiger partial charge in [0.15, 0.2) is 0 Å². The van der Waals surface area contributed by atoms with E-state index in [9.17, 15) is 0 Å². The lowest BCUT2D eigenvalue weighted by molar-refractivity contribution is 0.311. The molecule has 0 bridgehead atoms. The van der Waals surface area contributed by atoms with Crippen LogP contribution in [0.5, 0.6) is 0 Å². The van der Waals surface area contributed by atoms with Crippen LogP contribution in [0.1, 0.15) is 31.1 Å². The highest BCUT2D eigenvalue weighted by molar-refractivity contribution is 6.38. The van der Waals surface area contributed by atoms with Gasteiger partial charge >= 0.3 is 0 Å². The van der Waals surface area contributed by atoms with E-state index < -0.39 is 0 Å². The Kier molecular flexibility index (Phi) is 3.21. The Morgan fingerprint density at radius 2 is 1.90 bits per heavy atom. The molecule has 6 heteroatoms. The van der Waals surface area contributed by atoms with Gasteiger partial charge in [0.25, 0.3) is 0 Å². The van der Waals surface area contributed by atoms with E-state index in [0.29, 0.717) is 32.8 Å². The molecular formula is C15H15Cl2N3O. The maximum absolute atomic E-state index is 6.20. The van der Waals surface area contributed by atoms with E-state index in [1.807, 2.05) is 0 Å². The number of benzene rings is 1. The van der Waals surface area contributed by atoms with Crippen LogP contribution < -0.4 is 5.32 Å². The molecule has 1 atom stereocenters. The molecule has 1 aliphatic heterocycles. The summed E-state index contributed by atoms with van der Waals surface area (Å²) >= 11 is 12.4. The van der Waals surface area contributed by atoms with Crippen LogP contribution >= 0.6 is 23.2 Å². The Bertz CT molecular complexity index is 659. The molecule has 2 aromatic rings. The van der Waals surface area contributed by atoms with Crippen molar-refractivity contribution in [1.29, 1.82) is 0 Å². The third-order valence-electron chi connectivity index (χ3n) is 4.72. The van der Waals surface area contributed by atoms with E-state index in [2.05, 4.69) is 15.5 Å². The molecule has 1 unspecified atom stereocenters. The van der Waals surface area contributed by atoms with E-state index in [-0.39, 0.29) is 0 Å². The van der Waals surface area contributed by atoms with Crippen molar-refractivity contribution in [3.05, 3.63) is 34.1 Å². The molecule has 1 aliphatic carbocycles. The molecule has 2 heterocycles. The van der Waals surface area contributed by atoms with Crippen molar-refractivity contribution in [3.8, 4) is 11.4 Å². The monoisotopic (exact) mass is 323 g/mol. The highest BCUT2D eigenvalue weighted by Crippen LogP contribution is 2.64. The van der Waals surface area contributed by atoms with Crippen LogP contribution in [-0.4, -0.2) is 23.2 Å². The predicted molar refractivity (Wildman–Crippen MR) is 81.6 cm³/mol. The first kappa shape index (κ1) is 13.6.